The summed E-state index contributed by atoms with van der Waals surface area (Å²) in [7, 11) is 0. The molecule has 0 aliphatic rings. The zero-order valence-electron chi connectivity index (χ0n) is 9.95. The van der Waals surface area contributed by atoms with Gasteiger partial charge in [-0.2, -0.15) is 0 Å². The summed E-state index contributed by atoms with van der Waals surface area (Å²) < 4.78 is 0. The summed E-state index contributed by atoms with van der Waals surface area (Å²) in [4.78, 5) is 8.65. The second kappa shape index (κ2) is 5.55. The zero-order valence-corrected chi connectivity index (χ0v) is 11.5. The fraction of sp³-hybridized carbons (Fsp3) is 0.231. The van der Waals surface area contributed by atoms with Gasteiger partial charge in [0.05, 0.1) is 10.7 Å². The van der Waals surface area contributed by atoms with Crippen molar-refractivity contribution < 1.29 is 0 Å². The average Bonchev–Trinajstić information content (AvgIpc) is 2.32. The Morgan fingerprint density at radius 2 is 1.94 bits per heavy atom. The highest BCUT2D eigenvalue weighted by atomic mass is 35.5. The van der Waals surface area contributed by atoms with E-state index in [0.717, 1.165) is 24.2 Å². The molecule has 0 unspecified atom stereocenters. The van der Waals surface area contributed by atoms with E-state index in [1.54, 1.807) is 24.3 Å². The predicted octanol–water partition coefficient (Wildman–Crippen LogP) is 3.99. The Morgan fingerprint density at radius 3 is 2.67 bits per heavy atom. The molecule has 1 heterocycles. The van der Waals surface area contributed by atoms with Gasteiger partial charge in [0, 0.05) is 23.1 Å². The van der Waals surface area contributed by atoms with Gasteiger partial charge in [0.25, 0.3) is 0 Å². The molecular formula is C13H13Cl2N3. The van der Waals surface area contributed by atoms with Gasteiger partial charge in [0.15, 0.2) is 0 Å². The number of nitrogens with zero attached hydrogens (tertiary/aromatic N) is 2. The lowest BCUT2D eigenvalue weighted by Gasteiger charge is -2.07. The van der Waals surface area contributed by atoms with E-state index in [1.807, 2.05) is 0 Å². The number of aromatic nitrogens is 2. The molecule has 0 aliphatic carbocycles. The molecular weight excluding hydrogens is 269 g/mol. The minimum atomic E-state index is 0.444. The smallest absolute Gasteiger partial charge is 0.131 e. The summed E-state index contributed by atoms with van der Waals surface area (Å²) in [5, 5.41) is 1.21. The lowest BCUT2D eigenvalue weighted by molar-refractivity contribution is 0.839. The number of aryl methyl sites for hydroxylation is 1. The molecule has 0 amide bonds. The van der Waals surface area contributed by atoms with E-state index in [4.69, 9.17) is 28.9 Å². The molecule has 0 aliphatic heterocycles. The van der Waals surface area contributed by atoms with Gasteiger partial charge in [-0.25, -0.2) is 9.97 Å². The van der Waals surface area contributed by atoms with Crippen molar-refractivity contribution in [3.63, 3.8) is 0 Å². The Labute approximate surface area is 116 Å². The van der Waals surface area contributed by atoms with Gasteiger partial charge >= 0.3 is 0 Å². The first kappa shape index (κ1) is 13.1. The van der Waals surface area contributed by atoms with Crippen LogP contribution in [-0.2, 0) is 6.42 Å². The van der Waals surface area contributed by atoms with E-state index in [1.165, 1.54) is 0 Å². The van der Waals surface area contributed by atoms with Crippen LogP contribution in [0.15, 0.2) is 24.3 Å². The van der Waals surface area contributed by atoms with Crippen LogP contribution in [0.2, 0.25) is 10.0 Å². The first-order chi connectivity index (χ1) is 8.60. The molecule has 3 nitrogen and oxygen atoms in total. The maximum atomic E-state index is 6.15. The topological polar surface area (TPSA) is 51.8 Å². The van der Waals surface area contributed by atoms with Crippen molar-refractivity contribution in [2.24, 2.45) is 0 Å². The third kappa shape index (κ3) is 2.92. The minimum absolute atomic E-state index is 0.444. The first-order valence-corrected chi connectivity index (χ1v) is 6.44. The molecule has 94 valence electrons. The third-order valence-electron chi connectivity index (χ3n) is 2.47. The Hall–Kier alpha value is -1.32. The van der Waals surface area contributed by atoms with Crippen LogP contribution >= 0.6 is 23.2 Å². The summed E-state index contributed by atoms with van der Waals surface area (Å²) in [6.07, 6.45) is 1.75. The first-order valence-electron chi connectivity index (χ1n) is 5.69. The largest absolute Gasteiger partial charge is 0.384 e. The van der Waals surface area contributed by atoms with Crippen molar-refractivity contribution in [3.05, 3.63) is 40.1 Å². The second-order valence-corrected chi connectivity index (χ2v) is 4.81. The molecule has 2 rings (SSSR count). The molecule has 0 saturated carbocycles. The van der Waals surface area contributed by atoms with Gasteiger partial charge in [0.1, 0.15) is 11.6 Å². The Kier molecular flexibility index (Phi) is 4.04. The van der Waals surface area contributed by atoms with Gasteiger partial charge in [-0.3, -0.25) is 0 Å². The van der Waals surface area contributed by atoms with Crippen molar-refractivity contribution in [2.45, 2.75) is 19.8 Å². The van der Waals surface area contributed by atoms with Crippen LogP contribution in [0.3, 0.4) is 0 Å². The monoisotopic (exact) mass is 281 g/mol. The fourth-order valence-corrected chi connectivity index (χ4v) is 2.07. The van der Waals surface area contributed by atoms with Gasteiger partial charge in [-0.1, -0.05) is 30.1 Å². The zero-order chi connectivity index (χ0) is 13.1. The molecule has 0 fully saturated rings. The van der Waals surface area contributed by atoms with Crippen LogP contribution in [0.1, 0.15) is 19.2 Å². The number of halogens is 2. The van der Waals surface area contributed by atoms with Crippen molar-refractivity contribution >= 4 is 29.0 Å². The molecule has 1 aromatic carbocycles. The van der Waals surface area contributed by atoms with Gasteiger partial charge in [-0.05, 0) is 24.6 Å². The van der Waals surface area contributed by atoms with Crippen LogP contribution in [-0.4, -0.2) is 9.97 Å². The summed E-state index contributed by atoms with van der Waals surface area (Å²) in [6, 6.07) is 6.97. The highest BCUT2D eigenvalue weighted by Gasteiger charge is 2.09. The Morgan fingerprint density at radius 1 is 1.17 bits per heavy atom. The van der Waals surface area contributed by atoms with Gasteiger partial charge in [-0.15, -0.1) is 0 Å². The lowest BCUT2D eigenvalue weighted by Crippen LogP contribution is -2.01. The number of rotatable bonds is 3. The van der Waals surface area contributed by atoms with Gasteiger partial charge in [0.2, 0.25) is 0 Å². The molecule has 0 spiro atoms. The summed E-state index contributed by atoms with van der Waals surface area (Å²) in [5.74, 6) is 1.17. The molecule has 0 bridgehead atoms. The summed E-state index contributed by atoms with van der Waals surface area (Å²) in [6.45, 7) is 2.07. The number of nitrogens with two attached hydrogens (primary N) is 1. The van der Waals surface area contributed by atoms with Crippen LogP contribution in [0.25, 0.3) is 11.3 Å². The maximum absolute atomic E-state index is 6.15. The van der Waals surface area contributed by atoms with E-state index < -0.39 is 0 Å². The molecule has 18 heavy (non-hydrogen) atoms. The van der Waals surface area contributed by atoms with Crippen LogP contribution in [0, 0.1) is 0 Å². The molecule has 0 radical (unpaired) electrons. The highest BCUT2D eigenvalue weighted by Crippen LogP contribution is 2.30. The Balaban J connectivity index is 2.52. The van der Waals surface area contributed by atoms with Gasteiger partial charge < -0.3 is 5.73 Å². The van der Waals surface area contributed by atoms with E-state index >= 15 is 0 Å². The average molecular weight is 282 g/mol. The number of anilines is 1. The van der Waals surface area contributed by atoms with E-state index in [0.29, 0.717) is 21.6 Å². The summed E-state index contributed by atoms with van der Waals surface area (Å²) >= 11 is 12.1. The van der Waals surface area contributed by atoms with Crippen LogP contribution < -0.4 is 5.73 Å². The quantitative estimate of drug-likeness (QED) is 0.926. The molecule has 2 aromatic rings. The number of hydrogen-bond acceptors (Lipinski definition) is 3. The highest BCUT2D eigenvalue weighted by molar-refractivity contribution is 6.35. The third-order valence-corrected chi connectivity index (χ3v) is 3.03. The van der Waals surface area contributed by atoms with E-state index in [9.17, 15) is 0 Å². The Bertz CT molecular complexity index is 570. The summed E-state index contributed by atoms with van der Waals surface area (Å²) in [5.41, 5.74) is 7.27. The van der Waals surface area contributed by atoms with Crippen molar-refractivity contribution in [1.82, 2.24) is 9.97 Å². The molecule has 0 saturated heterocycles. The SMILES string of the molecule is CCCc1nc(N)cc(-c2cc(Cl)ccc2Cl)n1. The normalized spacial score (nSPS) is 10.6. The number of nitrogen functional groups attached to an aromatic ring is 1. The van der Waals surface area contributed by atoms with Crippen LogP contribution in [0.5, 0.6) is 0 Å². The van der Waals surface area contributed by atoms with Crippen molar-refractivity contribution in [2.75, 3.05) is 5.73 Å². The van der Waals surface area contributed by atoms with Crippen molar-refractivity contribution in [3.8, 4) is 11.3 Å². The molecule has 1 aromatic heterocycles. The standard InChI is InChI=1S/C13H13Cl2N3/c1-2-3-13-17-11(7-12(16)18-13)9-6-8(14)4-5-10(9)15/h4-7H,2-3H2,1H3,(H2,16,17,18). The minimum Gasteiger partial charge on any atom is -0.384 e. The second-order valence-electron chi connectivity index (χ2n) is 3.97. The van der Waals surface area contributed by atoms with Crippen molar-refractivity contribution in [1.29, 1.82) is 0 Å². The molecule has 5 heteroatoms. The van der Waals surface area contributed by atoms with E-state index in [-0.39, 0.29) is 0 Å². The predicted molar refractivity (Wildman–Crippen MR) is 75.9 cm³/mol. The molecule has 2 N–H and O–H groups in total. The fourth-order valence-electron chi connectivity index (χ4n) is 1.68. The van der Waals surface area contributed by atoms with Crippen LogP contribution in [0.4, 0.5) is 5.82 Å². The lowest BCUT2D eigenvalue weighted by atomic mass is 10.1. The maximum Gasteiger partial charge on any atom is 0.131 e. The van der Waals surface area contributed by atoms with E-state index in [2.05, 4.69) is 16.9 Å². The molecule has 0 atom stereocenters. The number of hydrogen-bond donors (Lipinski definition) is 1. The number of benzene rings is 1.